The Labute approximate surface area is 138 Å². The number of imidazole rings is 1. The Bertz CT molecular complexity index is 854. The number of aromatic nitrogens is 6. The maximum absolute atomic E-state index is 13.3. The van der Waals surface area contributed by atoms with Crippen molar-refractivity contribution < 1.29 is 4.79 Å². The second kappa shape index (κ2) is 5.88. The zero-order valence-electron chi connectivity index (χ0n) is 13.3. The van der Waals surface area contributed by atoms with Gasteiger partial charge in [0, 0.05) is 13.0 Å². The van der Waals surface area contributed by atoms with E-state index in [0.29, 0.717) is 18.9 Å². The van der Waals surface area contributed by atoms with E-state index >= 15 is 0 Å². The minimum Gasteiger partial charge on any atom is -0.347 e. The van der Waals surface area contributed by atoms with Crippen LogP contribution in [0.2, 0.25) is 0 Å². The van der Waals surface area contributed by atoms with Crippen LogP contribution >= 0.6 is 0 Å². The predicted octanol–water partition coefficient (Wildman–Crippen LogP) is 0.879. The summed E-state index contributed by atoms with van der Waals surface area (Å²) in [5.41, 5.74) is 2.90. The number of amides is 1. The summed E-state index contributed by atoms with van der Waals surface area (Å²) in [5.74, 6) is 0.591. The van der Waals surface area contributed by atoms with Gasteiger partial charge in [-0.15, -0.1) is 5.10 Å². The van der Waals surface area contributed by atoms with E-state index in [1.165, 1.54) is 0 Å². The molecule has 0 spiro atoms. The molecule has 1 aliphatic heterocycles. The largest absolute Gasteiger partial charge is 0.347 e. The van der Waals surface area contributed by atoms with Crippen molar-refractivity contribution in [2.24, 2.45) is 0 Å². The molecule has 0 saturated heterocycles. The Hall–Kier alpha value is -3.03. The van der Waals surface area contributed by atoms with Crippen molar-refractivity contribution in [3.63, 3.8) is 0 Å². The summed E-state index contributed by atoms with van der Waals surface area (Å²) in [7, 11) is 0. The fourth-order valence-corrected chi connectivity index (χ4v) is 3.07. The summed E-state index contributed by atoms with van der Waals surface area (Å²) in [5, 5.41) is 11.7. The van der Waals surface area contributed by atoms with Crippen molar-refractivity contribution in [1.29, 1.82) is 0 Å². The molecule has 0 radical (unpaired) electrons. The molecule has 1 amide bonds. The van der Waals surface area contributed by atoms with E-state index in [-0.39, 0.29) is 5.91 Å². The average Bonchev–Trinajstić information content (AvgIpc) is 3.24. The molecule has 0 bridgehead atoms. The number of nitrogens with one attached hydrogen (secondary N) is 1. The lowest BCUT2D eigenvalue weighted by molar-refractivity contribution is -0.134. The number of tetrazole rings is 1. The molecule has 122 valence electrons. The van der Waals surface area contributed by atoms with Crippen LogP contribution in [-0.2, 0) is 17.8 Å². The predicted molar refractivity (Wildman–Crippen MR) is 84.8 cm³/mol. The van der Waals surface area contributed by atoms with Gasteiger partial charge < -0.3 is 9.88 Å². The first-order valence-electron chi connectivity index (χ1n) is 7.83. The SMILES string of the molecule is Cc1nnnn1[C@@H](C(=O)N1CCc2nc[nH]c2C1)c1ccccc1. The Balaban J connectivity index is 1.69. The van der Waals surface area contributed by atoms with Crippen LogP contribution in [-0.4, -0.2) is 47.5 Å². The van der Waals surface area contributed by atoms with E-state index < -0.39 is 6.04 Å². The zero-order chi connectivity index (χ0) is 16.5. The van der Waals surface area contributed by atoms with Gasteiger partial charge in [-0.25, -0.2) is 9.67 Å². The number of benzene rings is 1. The number of aryl methyl sites for hydroxylation is 1. The summed E-state index contributed by atoms with van der Waals surface area (Å²) in [6.45, 7) is 2.96. The van der Waals surface area contributed by atoms with Gasteiger partial charge in [-0.05, 0) is 22.9 Å². The third-order valence-corrected chi connectivity index (χ3v) is 4.34. The number of hydrogen-bond donors (Lipinski definition) is 1. The van der Waals surface area contributed by atoms with Crippen LogP contribution in [0.4, 0.5) is 0 Å². The molecule has 0 saturated carbocycles. The van der Waals surface area contributed by atoms with Crippen LogP contribution in [0.25, 0.3) is 0 Å². The molecular formula is C16H17N7O. The Morgan fingerprint density at radius 3 is 2.88 bits per heavy atom. The molecule has 0 aliphatic carbocycles. The highest BCUT2D eigenvalue weighted by Gasteiger charge is 2.32. The number of H-pyrrole nitrogens is 1. The Morgan fingerprint density at radius 2 is 2.12 bits per heavy atom. The first-order chi connectivity index (χ1) is 11.7. The molecule has 0 unspecified atom stereocenters. The number of carbonyl (C=O) groups excluding carboxylic acids is 1. The van der Waals surface area contributed by atoms with E-state index in [2.05, 4.69) is 25.5 Å². The van der Waals surface area contributed by atoms with E-state index in [4.69, 9.17) is 0 Å². The fourth-order valence-electron chi connectivity index (χ4n) is 3.07. The number of rotatable bonds is 3. The minimum atomic E-state index is -0.564. The highest BCUT2D eigenvalue weighted by atomic mass is 16.2. The first-order valence-corrected chi connectivity index (χ1v) is 7.83. The number of nitrogens with zero attached hydrogens (tertiary/aromatic N) is 6. The highest BCUT2D eigenvalue weighted by Crippen LogP contribution is 2.24. The maximum Gasteiger partial charge on any atom is 0.252 e. The fraction of sp³-hybridized carbons (Fsp3) is 0.312. The van der Waals surface area contributed by atoms with E-state index in [9.17, 15) is 4.79 Å². The second-order valence-electron chi connectivity index (χ2n) is 5.82. The summed E-state index contributed by atoms with van der Waals surface area (Å²) in [6, 6.07) is 9.04. The van der Waals surface area contributed by atoms with Gasteiger partial charge in [0.2, 0.25) is 0 Å². The smallest absolute Gasteiger partial charge is 0.252 e. The van der Waals surface area contributed by atoms with E-state index in [1.807, 2.05) is 35.2 Å². The topological polar surface area (TPSA) is 92.6 Å². The van der Waals surface area contributed by atoms with Crippen molar-refractivity contribution in [3.8, 4) is 0 Å². The van der Waals surface area contributed by atoms with E-state index in [1.54, 1.807) is 17.9 Å². The van der Waals surface area contributed by atoms with Crippen LogP contribution in [0, 0.1) is 6.92 Å². The van der Waals surface area contributed by atoms with Crippen LogP contribution in [0.5, 0.6) is 0 Å². The van der Waals surface area contributed by atoms with Crippen LogP contribution in [0.1, 0.15) is 28.8 Å². The van der Waals surface area contributed by atoms with Gasteiger partial charge in [0.25, 0.3) is 5.91 Å². The third kappa shape index (κ3) is 2.45. The van der Waals surface area contributed by atoms with Crippen molar-refractivity contribution in [1.82, 2.24) is 35.1 Å². The van der Waals surface area contributed by atoms with Crippen molar-refractivity contribution in [2.45, 2.75) is 25.9 Å². The number of hydrogen-bond acceptors (Lipinski definition) is 5. The molecule has 1 N–H and O–H groups in total. The summed E-state index contributed by atoms with van der Waals surface area (Å²) >= 11 is 0. The van der Waals surface area contributed by atoms with Crippen LogP contribution in [0.3, 0.4) is 0 Å². The zero-order valence-corrected chi connectivity index (χ0v) is 13.3. The quantitative estimate of drug-likeness (QED) is 0.772. The summed E-state index contributed by atoms with van der Waals surface area (Å²) < 4.78 is 1.58. The van der Waals surface area contributed by atoms with Gasteiger partial charge in [0.1, 0.15) is 5.82 Å². The lowest BCUT2D eigenvalue weighted by Crippen LogP contribution is -2.41. The monoisotopic (exact) mass is 323 g/mol. The molecule has 1 aromatic carbocycles. The van der Waals surface area contributed by atoms with Gasteiger partial charge in [-0.1, -0.05) is 30.3 Å². The van der Waals surface area contributed by atoms with Crippen LogP contribution in [0.15, 0.2) is 36.7 Å². The Kier molecular flexibility index (Phi) is 3.56. The standard InChI is InChI=1S/C16H17N7O/c1-11-19-20-21-23(11)15(12-5-3-2-4-6-12)16(24)22-8-7-13-14(9-22)18-10-17-13/h2-6,10,15H,7-9H2,1H3,(H,17,18)/t15-/m1/s1. The maximum atomic E-state index is 13.3. The molecular weight excluding hydrogens is 306 g/mol. The molecule has 2 aromatic heterocycles. The van der Waals surface area contributed by atoms with Crippen LogP contribution < -0.4 is 0 Å². The third-order valence-electron chi connectivity index (χ3n) is 4.34. The molecule has 24 heavy (non-hydrogen) atoms. The normalized spacial score (nSPS) is 15.1. The van der Waals surface area contributed by atoms with Gasteiger partial charge in [0.15, 0.2) is 6.04 Å². The molecule has 4 rings (SSSR count). The van der Waals surface area contributed by atoms with E-state index in [0.717, 1.165) is 23.4 Å². The average molecular weight is 323 g/mol. The van der Waals surface area contributed by atoms with Crippen molar-refractivity contribution in [2.75, 3.05) is 6.54 Å². The lowest BCUT2D eigenvalue weighted by atomic mass is 10.0. The number of carbonyl (C=O) groups is 1. The Morgan fingerprint density at radius 1 is 1.29 bits per heavy atom. The van der Waals surface area contributed by atoms with Gasteiger partial charge in [-0.2, -0.15) is 0 Å². The molecule has 1 atom stereocenters. The molecule has 8 heteroatoms. The highest BCUT2D eigenvalue weighted by molar-refractivity contribution is 5.83. The first kappa shape index (κ1) is 14.6. The number of fused-ring (bicyclic) bond motifs is 1. The molecule has 0 fully saturated rings. The van der Waals surface area contributed by atoms with Crippen molar-refractivity contribution >= 4 is 5.91 Å². The number of aromatic amines is 1. The summed E-state index contributed by atoms with van der Waals surface area (Å²) in [4.78, 5) is 22.5. The van der Waals surface area contributed by atoms with Crippen molar-refractivity contribution in [3.05, 3.63) is 59.4 Å². The second-order valence-corrected chi connectivity index (χ2v) is 5.82. The van der Waals surface area contributed by atoms with Gasteiger partial charge in [-0.3, -0.25) is 4.79 Å². The molecule has 3 heterocycles. The minimum absolute atomic E-state index is 0.0168. The molecule has 1 aliphatic rings. The molecule has 8 nitrogen and oxygen atoms in total. The van der Waals surface area contributed by atoms with Gasteiger partial charge >= 0.3 is 0 Å². The van der Waals surface area contributed by atoms with Gasteiger partial charge in [0.05, 0.1) is 24.3 Å². The summed E-state index contributed by atoms with van der Waals surface area (Å²) in [6.07, 6.45) is 2.43. The molecule has 3 aromatic rings. The lowest BCUT2D eigenvalue weighted by Gasteiger charge is -2.30.